The first kappa shape index (κ1) is 17.6. The molecular formula is C19H17N3O3S. The number of hydrazone groups is 1. The lowest BCUT2D eigenvalue weighted by molar-refractivity contribution is -0.132. The second-order valence-corrected chi connectivity index (χ2v) is 6.14. The van der Waals surface area contributed by atoms with Crippen LogP contribution in [0, 0.1) is 0 Å². The number of hydrogen-bond donors (Lipinski definition) is 1. The number of aromatic nitrogens is 1. The molecule has 7 heteroatoms. The molecule has 0 aliphatic heterocycles. The van der Waals surface area contributed by atoms with E-state index in [4.69, 9.17) is 9.47 Å². The number of esters is 1. The number of nitrogens with one attached hydrogen (secondary N) is 1. The number of carbonyl (C=O) groups excluding carboxylic acids is 1. The highest BCUT2D eigenvalue weighted by molar-refractivity contribution is 7.14. The maximum atomic E-state index is 11.1. The third-order valence-electron chi connectivity index (χ3n) is 3.39. The summed E-state index contributed by atoms with van der Waals surface area (Å²) >= 11 is 1.48. The van der Waals surface area contributed by atoms with Gasteiger partial charge < -0.3 is 9.47 Å². The van der Waals surface area contributed by atoms with Crippen molar-refractivity contribution in [1.29, 1.82) is 0 Å². The van der Waals surface area contributed by atoms with Crippen molar-refractivity contribution in [2.45, 2.75) is 6.92 Å². The molecule has 3 aromatic rings. The zero-order valence-corrected chi connectivity index (χ0v) is 15.1. The quantitative estimate of drug-likeness (QED) is 0.306. The summed E-state index contributed by atoms with van der Waals surface area (Å²) in [7, 11) is 1.52. The van der Waals surface area contributed by atoms with Crippen molar-refractivity contribution in [3.8, 4) is 22.8 Å². The van der Waals surface area contributed by atoms with Gasteiger partial charge in [-0.25, -0.2) is 4.98 Å². The molecule has 0 saturated carbocycles. The smallest absolute Gasteiger partial charge is 0.308 e. The zero-order valence-electron chi connectivity index (χ0n) is 14.3. The van der Waals surface area contributed by atoms with Gasteiger partial charge in [-0.2, -0.15) is 5.10 Å². The maximum absolute atomic E-state index is 11.1. The molecule has 0 amide bonds. The van der Waals surface area contributed by atoms with Crippen LogP contribution >= 0.6 is 11.3 Å². The van der Waals surface area contributed by atoms with Crippen molar-refractivity contribution in [1.82, 2.24) is 4.98 Å². The van der Waals surface area contributed by atoms with Crippen LogP contribution in [0.4, 0.5) is 5.13 Å². The summed E-state index contributed by atoms with van der Waals surface area (Å²) in [5.74, 6) is 0.437. The molecule has 132 valence electrons. The second-order valence-electron chi connectivity index (χ2n) is 5.28. The van der Waals surface area contributed by atoms with Crippen LogP contribution in [0.2, 0.25) is 0 Å². The second kappa shape index (κ2) is 8.26. The third-order valence-corrected chi connectivity index (χ3v) is 4.14. The highest BCUT2D eigenvalue weighted by Gasteiger charge is 2.07. The van der Waals surface area contributed by atoms with Crippen LogP contribution in [0.1, 0.15) is 12.5 Å². The molecule has 0 fully saturated rings. The molecule has 0 unspecified atom stereocenters. The number of benzene rings is 2. The molecular weight excluding hydrogens is 350 g/mol. The largest absolute Gasteiger partial charge is 0.493 e. The van der Waals surface area contributed by atoms with Gasteiger partial charge in [0, 0.05) is 17.9 Å². The molecule has 2 aromatic carbocycles. The Bertz CT molecular complexity index is 923. The summed E-state index contributed by atoms with van der Waals surface area (Å²) in [6, 6.07) is 15.1. The number of carbonyl (C=O) groups is 1. The van der Waals surface area contributed by atoms with E-state index in [1.165, 1.54) is 25.4 Å². The number of rotatable bonds is 6. The van der Waals surface area contributed by atoms with Crippen molar-refractivity contribution in [2.75, 3.05) is 12.5 Å². The number of hydrogen-bond acceptors (Lipinski definition) is 7. The number of nitrogens with zero attached hydrogens (tertiary/aromatic N) is 2. The van der Waals surface area contributed by atoms with E-state index in [-0.39, 0.29) is 0 Å². The normalized spacial score (nSPS) is 10.7. The van der Waals surface area contributed by atoms with Crippen LogP contribution in [-0.2, 0) is 4.79 Å². The molecule has 0 aliphatic carbocycles. The fourth-order valence-corrected chi connectivity index (χ4v) is 2.90. The van der Waals surface area contributed by atoms with Gasteiger partial charge in [0.2, 0.25) is 5.13 Å². The topological polar surface area (TPSA) is 72.8 Å². The molecule has 1 N–H and O–H groups in total. The molecule has 0 bridgehead atoms. The fourth-order valence-electron chi connectivity index (χ4n) is 2.23. The first-order valence-electron chi connectivity index (χ1n) is 7.82. The first-order valence-corrected chi connectivity index (χ1v) is 8.70. The SMILES string of the molecule is COc1cc(C=NNc2nc(-c3ccccc3)cs2)ccc1OC(C)=O. The Labute approximate surface area is 155 Å². The van der Waals surface area contributed by atoms with E-state index in [0.29, 0.717) is 16.6 Å². The van der Waals surface area contributed by atoms with Gasteiger partial charge in [0.25, 0.3) is 0 Å². The Hall–Kier alpha value is -3.19. The molecule has 1 heterocycles. The van der Waals surface area contributed by atoms with Crippen molar-refractivity contribution in [3.05, 3.63) is 59.5 Å². The Balaban J connectivity index is 1.67. The summed E-state index contributed by atoms with van der Waals surface area (Å²) in [6.07, 6.45) is 1.64. The van der Waals surface area contributed by atoms with Crippen molar-refractivity contribution >= 4 is 28.7 Å². The molecule has 0 spiro atoms. The van der Waals surface area contributed by atoms with Gasteiger partial charge in [0.1, 0.15) is 0 Å². The van der Waals surface area contributed by atoms with Crippen LogP contribution in [0.25, 0.3) is 11.3 Å². The standard InChI is InChI=1S/C19H17N3O3S/c1-13(23)25-17-9-8-14(10-18(17)24-2)11-20-22-19-21-16(12-26-19)15-6-4-3-5-7-15/h3-12H,1-2H3,(H,21,22). The van der Waals surface area contributed by atoms with E-state index in [1.807, 2.05) is 35.7 Å². The summed E-state index contributed by atoms with van der Waals surface area (Å²) in [5.41, 5.74) is 5.68. The van der Waals surface area contributed by atoms with Crippen LogP contribution in [-0.4, -0.2) is 24.3 Å². The minimum Gasteiger partial charge on any atom is -0.493 e. The van der Waals surface area contributed by atoms with Gasteiger partial charge in [0.15, 0.2) is 11.5 Å². The molecule has 0 atom stereocenters. The Kier molecular flexibility index (Phi) is 5.60. The van der Waals surface area contributed by atoms with Crippen molar-refractivity contribution in [2.24, 2.45) is 5.10 Å². The van der Waals surface area contributed by atoms with E-state index in [9.17, 15) is 4.79 Å². The van der Waals surface area contributed by atoms with Crippen LogP contribution in [0.3, 0.4) is 0 Å². The van der Waals surface area contributed by atoms with Crippen molar-refractivity contribution in [3.63, 3.8) is 0 Å². The van der Waals surface area contributed by atoms with E-state index in [0.717, 1.165) is 16.8 Å². The fraction of sp³-hybridized carbons (Fsp3) is 0.105. The summed E-state index contributed by atoms with van der Waals surface area (Å²) in [5, 5.41) is 6.87. The van der Waals surface area contributed by atoms with Gasteiger partial charge in [-0.1, -0.05) is 30.3 Å². The van der Waals surface area contributed by atoms with Gasteiger partial charge >= 0.3 is 5.97 Å². The Morgan fingerprint density at radius 3 is 2.73 bits per heavy atom. The lowest BCUT2D eigenvalue weighted by Crippen LogP contribution is -2.03. The molecule has 0 saturated heterocycles. The third kappa shape index (κ3) is 4.46. The van der Waals surface area contributed by atoms with E-state index >= 15 is 0 Å². The predicted molar refractivity (Wildman–Crippen MR) is 103 cm³/mol. The lowest BCUT2D eigenvalue weighted by Gasteiger charge is -2.08. The molecule has 1 aromatic heterocycles. The van der Waals surface area contributed by atoms with Gasteiger partial charge in [0.05, 0.1) is 19.0 Å². The predicted octanol–water partition coefficient (Wildman–Crippen LogP) is 4.19. The highest BCUT2D eigenvalue weighted by Crippen LogP contribution is 2.28. The van der Waals surface area contributed by atoms with Gasteiger partial charge in [-0.05, 0) is 23.8 Å². The number of methoxy groups -OCH3 is 1. The van der Waals surface area contributed by atoms with Gasteiger partial charge in [-0.15, -0.1) is 11.3 Å². The summed E-state index contributed by atoms with van der Waals surface area (Å²) < 4.78 is 10.3. The average molecular weight is 367 g/mol. The highest BCUT2D eigenvalue weighted by atomic mass is 32.1. The Morgan fingerprint density at radius 1 is 1.19 bits per heavy atom. The molecule has 0 radical (unpaired) electrons. The maximum Gasteiger partial charge on any atom is 0.308 e. The number of anilines is 1. The number of thiazole rings is 1. The summed E-state index contributed by atoms with van der Waals surface area (Å²) in [4.78, 5) is 15.6. The number of ether oxygens (including phenoxy) is 2. The van der Waals surface area contributed by atoms with E-state index in [2.05, 4.69) is 15.5 Å². The Morgan fingerprint density at radius 2 is 2.00 bits per heavy atom. The lowest BCUT2D eigenvalue weighted by atomic mass is 10.2. The van der Waals surface area contributed by atoms with Crippen LogP contribution in [0.15, 0.2) is 59.0 Å². The van der Waals surface area contributed by atoms with Crippen LogP contribution in [0.5, 0.6) is 11.5 Å². The monoisotopic (exact) mass is 367 g/mol. The van der Waals surface area contributed by atoms with Crippen molar-refractivity contribution < 1.29 is 14.3 Å². The molecule has 6 nitrogen and oxygen atoms in total. The van der Waals surface area contributed by atoms with E-state index < -0.39 is 5.97 Å². The summed E-state index contributed by atoms with van der Waals surface area (Å²) in [6.45, 7) is 1.34. The van der Waals surface area contributed by atoms with Crippen LogP contribution < -0.4 is 14.9 Å². The molecule has 26 heavy (non-hydrogen) atoms. The molecule has 0 aliphatic rings. The zero-order chi connectivity index (χ0) is 18.4. The minimum absolute atomic E-state index is 0.373. The first-order chi connectivity index (χ1) is 12.7. The van der Waals surface area contributed by atoms with E-state index in [1.54, 1.807) is 24.4 Å². The molecule has 3 rings (SSSR count). The minimum atomic E-state index is -0.399. The average Bonchev–Trinajstić information content (AvgIpc) is 3.12. The van der Waals surface area contributed by atoms with Gasteiger partial charge in [-0.3, -0.25) is 10.2 Å².